The maximum absolute atomic E-state index is 13.0. The molecule has 5 nitrogen and oxygen atoms in total. The van der Waals surface area contributed by atoms with Crippen molar-refractivity contribution < 1.29 is 13.9 Å². The van der Waals surface area contributed by atoms with Crippen LogP contribution in [0.25, 0.3) is 11.3 Å². The number of hydrogen-bond acceptors (Lipinski definition) is 3. The van der Waals surface area contributed by atoms with Crippen LogP contribution in [0.3, 0.4) is 0 Å². The summed E-state index contributed by atoms with van der Waals surface area (Å²) in [6.45, 7) is 2.73. The zero-order chi connectivity index (χ0) is 17.4. The van der Waals surface area contributed by atoms with Crippen LogP contribution >= 0.6 is 0 Å². The Balaban J connectivity index is 1.43. The summed E-state index contributed by atoms with van der Waals surface area (Å²) in [6, 6.07) is 7.93. The van der Waals surface area contributed by atoms with Gasteiger partial charge >= 0.3 is 0 Å². The molecular weight excluding hydrogens is 321 g/mol. The van der Waals surface area contributed by atoms with E-state index in [-0.39, 0.29) is 29.3 Å². The molecule has 1 aromatic carbocycles. The van der Waals surface area contributed by atoms with Crippen LogP contribution in [0.1, 0.15) is 43.1 Å². The van der Waals surface area contributed by atoms with Crippen LogP contribution in [0.2, 0.25) is 0 Å². The van der Waals surface area contributed by atoms with E-state index in [1.165, 1.54) is 18.6 Å². The molecule has 2 aliphatic rings. The van der Waals surface area contributed by atoms with E-state index < -0.39 is 0 Å². The van der Waals surface area contributed by atoms with Gasteiger partial charge in [-0.3, -0.25) is 9.89 Å². The van der Waals surface area contributed by atoms with Crippen LogP contribution < -0.4 is 5.32 Å². The van der Waals surface area contributed by atoms with Gasteiger partial charge < -0.3 is 10.1 Å². The van der Waals surface area contributed by atoms with E-state index in [2.05, 4.69) is 15.5 Å². The molecule has 0 aliphatic heterocycles. The highest BCUT2D eigenvalue weighted by Gasteiger charge is 2.59. The van der Waals surface area contributed by atoms with E-state index in [1.54, 1.807) is 18.2 Å². The molecule has 25 heavy (non-hydrogen) atoms. The van der Waals surface area contributed by atoms with Gasteiger partial charge in [-0.15, -0.1) is 0 Å². The Bertz CT molecular complexity index is 767. The third-order valence-electron chi connectivity index (χ3n) is 5.71. The van der Waals surface area contributed by atoms with Crippen LogP contribution in [0.4, 0.5) is 4.39 Å². The van der Waals surface area contributed by atoms with Crippen molar-refractivity contribution in [2.24, 2.45) is 5.41 Å². The zero-order valence-electron chi connectivity index (χ0n) is 14.2. The molecule has 0 saturated heterocycles. The highest BCUT2D eigenvalue weighted by Crippen LogP contribution is 2.57. The Labute approximate surface area is 146 Å². The number of nitrogens with one attached hydrogen (secondary N) is 2. The lowest BCUT2D eigenvalue weighted by Gasteiger charge is -2.60. The smallest absolute Gasteiger partial charge is 0.269 e. The third kappa shape index (κ3) is 2.74. The molecule has 1 heterocycles. The van der Waals surface area contributed by atoms with E-state index in [0.29, 0.717) is 18.0 Å². The van der Waals surface area contributed by atoms with E-state index in [9.17, 15) is 9.18 Å². The van der Waals surface area contributed by atoms with Crippen molar-refractivity contribution in [1.29, 1.82) is 0 Å². The Hall–Kier alpha value is -2.21. The van der Waals surface area contributed by atoms with Gasteiger partial charge in [-0.2, -0.15) is 5.10 Å². The summed E-state index contributed by atoms with van der Waals surface area (Å²) in [6.07, 6.45) is 4.58. The molecular formula is C19H22FN3O2. The van der Waals surface area contributed by atoms with Gasteiger partial charge in [0.2, 0.25) is 0 Å². The fourth-order valence-electron chi connectivity index (χ4n) is 4.08. The van der Waals surface area contributed by atoms with Gasteiger partial charge in [0, 0.05) is 23.6 Å². The predicted molar refractivity (Wildman–Crippen MR) is 91.6 cm³/mol. The second-order valence-electron chi connectivity index (χ2n) is 6.97. The SMILES string of the molecule is CCO[C@H]1C[C@H](NC(=O)c2cc(-c3ccc(F)cc3)n[nH]2)C12CCC2. The van der Waals surface area contributed by atoms with Crippen LogP contribution in [-0.2, 0) is 4.74 Å². The number of H-pyrrole nitrogens is 1. The number of hydrogen-bond donors (Lipinski definition) is 2. The van der Waals surface area contributed by atoms with E-state index >= 15 is 0 Å². The van der Waals surface area contributed by atoms with Gasteiger partial charge in [-0.25, -0.2) is 4.39 Å². The highest BCUT2D eigenvalue weighted by atomic mass is 19.1. The molecule has 1 aromatic heterocycles. The number of amides is 1. The second-order valence-corrected chi connectivity index (χ2v) is 6.97. The third-order valence-corrected chi connectivity index (χ3v) is 5.71. The van der Waals surface area contributed by atoms with Crippen molar-refractivity contribution in [3.63, 3.8) is 0 Å². The second kappa shape index (κ2) is 6.26. The summed E-state index contributed by atoms with van der Waals surface area (Å²) in [5.41, 5.74) is 1.95. The van der Waals surface area contributed by atoms with Gasteiger partial charge in [-0.05, 0) is 56.5 Å². The summed E-state index contributed by atoms with van der Waals surface area (Å²) < 4.78 is 18.8. The normalized spacial score (nSPS) is 23.8. The molecule has 2 fully saturated rings. The number of rotatable bonds is 5. The molecule has 2 atom stereocenters. The maximum Gasteiger partial charge on any atom is 0.269 e. The predicted octanol–water partition coefficient (Wildman–Crippen LogP) is 3.29. The first-order valence-electron chi connectivity index (χ1n) is 8.86. The van der Waals surface area contributed by atoms with Gasteiger partial charge in [0.15, 0.2) is 0 Å². The zero-order valence-corrected chi connectivity index (χ0v) is 14.2. The van der Waals surface area contributed by atoms with Gasteiger partial charge in [0.1, 0.15) is 11.5 Å². The lowest BCUT2D eigenvalue weighted by Crippen LogP contribution is -2.67. The Morgan fingerprint density at radius 2 is 2.16 bits per heavy atom. The minimum Gasteiger partial charge on any atom is -0.378 e. The van der Waals surface area contributed by atoms with Crippen molar-refractivity contribution in [3.8, 4) is 11.3 Å². The number of benzene rings is 1. The van der Waals surface area contributed by atoms with Crippen LogP contribution in [0.5, 0.6) is 0 Å². The largest absolute Gasteiger partial charge is 0.378 e. The molecule has 0 radical (unpaired) electrons. The van der Waals surface area contributed by atoms with Gasteiger partial charge in [0.05, 0.1) is 11.8 Å². The summed E-state index contributed by atoms with van der Waals surface area (Å²) >= 11 is 0. The lowest BCUT2D eigenvalue weighted by atomic mass is 9.51. The quantitative estimate of drug-likeness (QED) is 0.875. The summed E-state index contributed by atoms with van der Waals surface area (Å²) in [7, 11) is 0. The standard InChI is InChI=1S/C19H22FN3O2/c1-2-25-17-11-16(19(17)8-3-9-19)21-18(24)15-10-14(22-23-15)12-4-6-13(20)7-5-12/h4-7,10,16-17H,2-3,8-9,11H2,1H3,(H,21,24)(H,22,23)/t16-,17-/m0/s1. The minimum atomic E-state index is -0.295. The molecule has 0 bridgehead atoms. The van der Waals surface area contributed by atoms with Crippen molar-refractivity contribution in [3.05, 3.63) is 41.8 Å². The topological polar surface area (TPSA) is 67.0 Å². The molecule has 2 N–H and O–H groups in total. The molecule has 2 saturated carbocycles. The Morgan fingerprint density at radius 3 is 2.80 bits per heavy atom. The average molecular weight is 343 g/mol. The number of aromatic nitrogens is 2. The summed E-state index contributed by atoms with van der Waals surface area (Å²) in [5.74, 6) is -0.441. The number of aromatic amines is 1. The Morgan fingerprint density at radius 1 is 1.40 bits per heavy atom. The number of ether oxygens (including phenoxy) is 1. The molecule has 2 aromatic rings. The number of carbonyl (C=O) groups is 1. The molecule has 132 valence electrons. The fraction of sp³-hybridized carbons (Fsp3) is 0.474. The van der Waals surface area contributed by atoms with E-state index in [4.69, 9.17) is 4.74 Å². The maximum atomic E-state index is 13.0. The fourth-order valence-corrected chi connectivity index (χ4v) is 4.08. The molecule has 6 heteroatoms. The molecule has 4 rings (SSSR count). The monoisotopic (exact) mass is 343 g/mol. The van der Waals surface area contributed by atoms with Crippen LogP contribution in [0.15, 0.2) is 30.3 Å². The number of halogens is 1. The van der Waals surface area contributed by atoms with Crippen molar-refractivity contribution >= 4 is 5.91 Å². The molecule has 1 amide bonds. The lowest BCUT2D eigenvalue weighted by molar-refractivity contribution is -0.169. The summed E-state index contributed by atoms with van der Waals surface area (Å²) in [4.78, 5) is 12.6. The highest BCUT2D eigenvalue weighted by molar-refractivity contribution is 5.93. The van der Waals surface area contributed by atoms with Crippen molar-refractivity contribution in [2.75, 3.05) is 6.61 Å². The van der Waals surface area contributed by atoms with Crippen LogP contribution in [-0.4, -0.2) is 34.9 Å². The van der Waals surface area contributed by atoms with Crippen molar-refractivity contribution in [2.45, 2.75) is 44.8 Å². The van der Waals surface area contributed by atoms with Crippen molar-refractivity contribution in [1.82, 2.24) is 15.5 Å². The minimum absolute atomic E-state index is 0.130. The van der Waals surface area contributed by atoms with E-state index in [1.807, 2.05) is 6.92 Å². The Kier molecular flexibility index (Phi) is 4.07. The number of nitrogens with zero attached hydrogens (tertiary/aromatic N) is 1. The van der Waals surface area contributed by atoms with E-state index in [0.717, 1.165) is 24.8 Å². The average Bonchev–Trinajstić information content (AvgIpc) is 3.03. The molecule has 0 unspecified atom stereocenters. The molecule has 2 aliphatic carbocycles. The van der Waals surface area contributed by atoms with Gasteiger partial charge in [0.25, 0.3) is 5.91 Å². The number of carbonyl (C=O) groups excluding carboxylic acids is 1. The van der Waals surface area contributed by atoms with Crippen LogP contribution in [0, 0.1) is 11.2 Å². The first-order valence-corrected chi connectivity index (χ1v) is 8.86. The first kappa shape index (κ1) is 16.3. The molecule has 1 spiro atoms. The van der Waals surface area contributed by atoms with Gasteiger partial charge in [-0.1, -0.05) is 6.42 Å². The summed E-state index contributed by atoms with van der Waals surface area (Å²) in [5, 5.41) is 10.1. The first-order chi connectivity index (χ1) is 12.1.